The van der Waals surface area contributed by atoms with Crippen LogP contribution in [-0.2, 0) is 4.79 Å². The maximum Gasteiger partial charge on any atom is 0.326 e. The van der Waals surface area contributed by atoms with Gasteiger partial charge >= 0.3 is 5.97 Å². The molecule has 114 valence electrons. The van der Waals surface area contributed by atoms with Gasteiger partial charge < -0.3 is 10.4 Å². The van der Waals surface area contributed by atoms with Crippen LogP contribution in [0.1, 0.15) is 22.3 Å². The van der Waals surface area contributed by atoms with Crippen molar-refractivity contribution in [3.05, 3.63) is 39.4 Å². The summed E-state index contributed by atoms with van der Waals surface area (Å²) < 4.78 is 0. The number of hydrogen-bond acceptors (Lipinski definition) is 5. The first-order valence-corrected chi connectivity index (χ1v) is 7.54. The van der Waals surface area contributed by atoms with Crippen molar-refractivity contribution in [3.8, 4) is 0 Å². The number of nitro groups is 1. The number of amides is 1. The third kappa shape index (κ3) is 4.75. The van der Waals surface area contributed by atoms with E-state index in [9.17, 15) is 19.7 Å². The van der Waals surface area contributed by atoms with Crippen LogP contribution in [-0.4, -0.2) is 40.0 Å². The van der Waals surface area contributed by atoms with Crippen molar-refractivity contribution >= 4 is 29.3 Å². The second-order valence-corrected chi connectivity index (χ2v) is 5.39. The van der Waals surface area contributed by atoms with Gasteiger partial charge in [0.1, 0.15) is 6.04 Å². The van der Waals surface area contributed by atoms with E-state index >= 15 is 0 Å². The van der Waals surface area contributed by atoms with Crippen molar-refractivity contribution in [2.75, 3.05) is 12.0 Å². The largest absolute Gasteiger partial charge is 0.480 e. The molecule has 0 spiro atoms. The van der Waals surface area contributed by atoms with Crippen molar-refractivity contribution in [1.82, 2.24) is 5.32 Å². The van der Waals surface area contributed by atoms with Crippen LogP contribution in [0, 0.1) is 17.0 Å². The maximum absolute atomic E-state index is 12.0. The predicted molar refractivity (Wildman–Crippen MR) is 79.7 cm³/mol. The van der Waals surface area contributed by atoms with Crippen molar-refractivity contribution < 1.29 is 19.6 Å². The molecule has 0 unspecified atom stereocenters. The summed E-state index contributed by atoms with van der Waals surface area (Å²) in [7, 11) is 0. The molecule has 0 aliphatic heterocycles. The molecule has 0 bridgehead atoms. The van der Waals surface area contributed by atoms with Crippen LogP contribution in [0.3, 0.4) is 0 Å². The van der Waals surface area contributed by atoms with Crippen molar-refractivity contribution in [2.45, 2.75) is 19.4 Å². The Morgan fingerprint density at radius 2 is 2.14 bits per heavy atom. The van der Waals surface area contributed by atoms with Crippen molar-refractivity contribution in [1.29, 1.82) is 0 Å². The van der Waals surface area contributed by atoms with Gasteiger partial charge in [0.2, 0.25) is 0 Å². The number of aliphatic carboxylic acids is 1. The summed E-state index contributed by atoms with van der Waals surface area (Å²) in [4.78, 5) is 33.3. The minimum Gasteiger partial charge on any atom is -0.480 e. The molecule has 21 heavy (non-hydrogen) atoms. The molecular weight excluding hydrogens is 296 g/mol. The Morgan fingerprint density at radius 1 is 1.48 bits per heavy atom. The smallest absolute Gasteiger partial charge is 0.326 e. The molecule has 0 heterocycles. The molecule has 8 heteroatoms. The number of thioether (sulfide) groups is 1. The van der Waals surface area contributed by atoms with Gasteiger partial charge in [0.25, 0.3) is 11.6 Å². The molecule has 1 aromatic carbocycles. The minimum atomic E-state index is -1.13. The molecule has 2 N–H and O–H groups in total. The Labute approximate surface area is 125 Å². The zero-order valence-corrected chi connectivity index (χ0v) is 12.5. The highest BCUT2D eigenvalue weighted by Crippen LogP contribution is 2.19. The Hall–Kier alpha value is -2.09. The average molecular weight is 312 g/mol. The lowest BCUT2D eigenvalue weighted by atomic mass is 10.1. The molecule has 1 amide bonds. The van der Waals surface area contributed by atoms with Gasteiger partial charge in [-0.2, -0.15) is 11.8 Å². The lowest BCUT2D eigenvalue weighted by Crippen LogP contribution is -2.41. The molecule has 0 saturated heterocycles. The van der Waals surface area contributed by atoms with E-state index in [0.29, 0.717) is 11.3 Å². The fraction of sp³-hybridized carbons (Fsp3) is 0.385. The first-order valence-electron chi connectivity index (χ1n) is 6.14. The van der Waals surface area contributed by atoms with Gasteiger partial charge in [-0.3, -0.25) is 14.9 Å². The molecule has 1 aromatic rings. The third-order valence-corrected chi connectivity index (χ3v) is 3.53. The summed E-state index contributed by atoms with van der Waals surface area (Å²) in [6.07, 6.45) is 2.13. The second-order valence-electron chi connectivity index (χ2n) is 4.40. The molecule has 0 fully saturated rings. The van der Waals surface area contributed by atoms with E-state index in [-0.39, 0.29) is 17.7 Å². The summed E-state index contributed by atoms with van der Waals surface area (Å²) in [5.74, 6) is -1.17. The van der Waals surface area contributed by atoms with E-state index in [1.54, 1.807) is 6.92 Å². The molecule has 0 aliphatic rings. The molecule has 0 saturated carbocycles. The molecule has 0 radical (unpaired) electrons. The summed E-state index contributed by atoms with van der Waals surface area (Å²) in [5.41, 5.74) is 0.343. The standard InChI is InChI=1S/C13H16N2O5S/c1-8-3-4-9(7-11(8)15(19)20)12(16)14-10(13(17)18)5-6-21-2/h3-4,7,10H,5-6H2,1-2H3,(H,14,16)(H,17,18)/t10-/m0/s1. The van der Waals surface area contributed by atoms with Gasteiger partial charge in [-0.1, -0.05) is 6.07 Å². The Morgan fingerprint density at radius 3 is 2.67 bits per heavy atom. The lowest BCUT2D eigenvalue weighted by Gasteiger charge is -2.14. The number of nitrogens with zero attached hydrogens (tertiary/aromatic N) is 1. The van der Waals surface area contributed by atoms with E-state index in [2.05, 4.69) is 5.32 Å². The number of rotatable bonds is 7. The Balaban J connectivity index is 2.90. The number of carboxylic acid groups (broad SMARTS) is 1. The van der Waals surface area contributed by atoms with Gasteiger partial charge in [-0.25, -0.2) is 4.79 Å². The van der Waals surface area contributed by atoms with Crippen molar-refractivity contribution in [2.24, 2.45) is 0 Å². The molecule has 1 rings (SSSR count). The second kappa shape index (κ2) is 7.63. The SMILES string of the molecule is CSCC[C@H](NC(=O)c1ccc(C)c([N+](=O)[O-])c1)C(=O)O. The van der Waals surface area contributed by atoms with Gasteiger partial charge in [0.05, 0.1) is 4.92 Å². The van der Waals surface area contributed by atoms with Crippen LogP contribution in [0.15, 0.2) is 18.2 Å². The van der Waals surface area contributed by atoms with Gasteiger partial charge in [0, 0.05) is 17.2 Å². The summed E-state index contributed by atoms with van der Waals surface area (Å²) in [6.45, 7) is 1.57. The number of nitro benzene ring substituents is 1. The average Bonchev–Trinajstić information content (AvgIpc) is 2.42. The minimum absolute atomic E-state index is 0.0719. The van der Waals surface area contributed by atoms with E-state index in [0.717, 1.165) is 6.07 Å². The first-order chi connectivity index (χ1) is 9.86. The van der Waals surface area contributed by atoms with E-state index in [4.69, 9.17) is 5.11 Å². The molecule has 0 aliphatic carbocycles. The summed E-state index contributed by atoms with van der Waals surface area (Å²) in [6, 6.07) is 3.04. The Bertz CT molecular complexity index is 561. The van der Waals surface area contributed by atoms with Crippen LogP contribution < -0.4 is 5.32 Å². The van der Waals surface area contributed by atoms with Crippen LogP contribution in [0.2, 0.25) is 0 Å². The Kier molecular flexibility index (Phi) is 6.16. The number of carbonyl (C=O) groups excluding carboxylic acids is 1. The van der Waals surface area contributed by atoms with Crippen LogP contribution in [0.4, 0.5) is 5.69 Å². The fourth-order valence-corrected chi connectivity index (χ4v) is 2.15. The lowest BCUT2D eigenvalue weighted by molar-refractivity contribution is -0.385. The number of aryl methyl sites for hydroxylation is 1. The topological polar surface area (TPSA) is 110 Å². The number of hydrogen-bond donors (Lipinski definition) is 2. The number of benzene rings is 1. The van der Waals surface area contributed by atoms with Crippen molar-refractivity contribution in [3.63, 3.8) is 0 Å². The molecule has 7 nitrogen and oxygen atoms in total. The van der Waals surface area contributed by atoms with E-state index in [1.807, 2.05) is 6.26 Å². The van der Waals surface area contributed by atoms with Gasteiger partial charge in [0.15, 0.2) is 0 Å². The normalized spacial score (nSPS) is 11.7. The van der Waals surface area contributed by atoms with Gasteiger partial charge in [-0.05, 0) is 31.4 Å². The van der Waals surface area contributed by atoms with Gasteiger partial charge in [-0.15, -0.1) is 0 Å². The monoisotopic (exact) mass is 312 g/mol. The highest BCUT2D eigenvalue weighted by Gasteiger charge is 2.21. The summed E-state index contributed by atoms with van der Waals surface area (Å²) >= 11 is 1.47. The highest BCUT2D eigenvalue weighted by atomic mass is 32.2. The van der Waals surface area contributed by atoms with Crippen LogP contribution in [0.5, 0.6) is 0 Å². The van der Waals surface area contributed by atoms with Crippen LogP contribution in [0.25, 0.3) is 0 Å². The van der Waals surface area contributed by atoms with Crippen LogP contribution >= 0.6 is 11.8 Å². The number of nitrogens with one attached hydrogen (secondary N) is 1. The zero-order valence-electron chi connectivity index (χ0n) is 11.7. The third-order valence-electron chi connectivity index (χ3n) is 2.88. The maximum atomic E-state index is 12.0. The molecule has 0 aromatic heterocycles. The number of carbonyl (C=O) groups is 2. The highest BCUT2D eigenvalue weighted by molar-refractivity contribution is 7.98. The number of carboxylic acids is 1. The van der Waals surface area contributed by atoms with E-state index in [1.165, 1.54) is 23.9 Å². The quantitative estimate of drug-likeness (QED) is 0.587. The zero-order chi connectivity index (χ0) is 16.0. The molecular formula is C13H16N2O5S. The molecule has 1 atom stereocenters. The predicted octanol–water partition coefficient (Wildman–Crippen LogP) is 1.84. The first kappa shape index (κ1) is 17.0. The summed E-state index contributed by atoms with van der Waals surface area (Å²) in [5, 5.41) is 22.3. The fourth-order valence-electron chi connectivity index (χ4n) is 1.68. The van der Waals surface area contributed by atoms with E-state index < -0.39 is 22.8 Å².